The summed E-state index contributed by atoms with van der Waals surface area (Å²) in [4.78, 5) is 10.00. The molecule has 0 radical (unpaired) electrons. The third kappa shape index (κ3) is 5.37. The molecule has 164 valence electrons. The minimum absolute atomic E-state index is 0.0250. The Bertz CT molecular complexity index is 983. The maximum Gasteiger partial charge on any atom is 0.433 e. The van der Waals surface area contributed by atoms with E-state index in [-0.39, 0.29) is 23.0 Å². The van der Waals surface area contributed by atoms with E-state index in [0.29, 0.717) is 31.4 Å². The Labute approximate surface area is 177 Å². The van der Waals surface area contributed by atoms with E-state index in [1.165, 1.54) is 6.07 Å². The molecule has 2 aromatic rings. The Balaban J connectivity index is 2.18. The van der Waals surface area contributed by atoms with Crippen LogP contribution in [-0.4, -0.2) is 59.6 Å². The van der Waals surface area contributed by atoms with E-state index >= 15 is 0 Å². The monoisotopic (exact) mass is 433 g/mol. The molecule has 0 aliphatic carbocycles. The van der Waals surface area contributed by atoms with Crippen molar-refractivity contribution in [3.05, 3.63) is 47.8 Å². The molecular formula is C20H22F3N7O. The Morgan fingerprint density at radius 1 is 1.48 bits per heavy atom. The number of hydrogen-bond donors (Lipinski definition) is 3. The molecule has 31 heavy (non-hydrogen) atoms. The van der Waals surface area contributed by atoms with Crippen LogP contribution < -0.4 is 10.2 Å². The first kappa shape index (κ1) is 22.2. The number of pyridine rings is 1. The van der Waals surface area contributed by atoms with Gasteiger partial charge in [0.1, 0.15) is 17.3 Å². The van der Waals surface area contributed by atoms with Gasteiger partial charge in [0.2, 0.25) is 0 Å². The van der Waals surface area contributed by atoms with Gasteiger partial charge >= 0.3 is 6.18 Å². The van der Waals surface area contributed by atoms with Crippen LogP contribution in [0.4, 0.5) is 30.6 Å². The number of hydrogen-bond acceptors (Lipinski definition) is 7. The highest BCUT2D eigenvalue weighted by molar-refractivity contribution is 5.92. The number of aliphatic imine (C=N–C) groups is 1. The first-order valence-corrected chi connectivity index (χ1v) is 9.44. The first-order chi connectivity index (χ1) is 14.8. The van der Waals surface area contributed by atoms with Crippen molar-refractivity contribution in [2.75, 3.05) is 30.0 Å². The molecular weight excluding hydrogens is 411 g/mol. The summed E-state index contributed by atoms with van der Waals surface area (Å²) in [7, 11) is 0. The number of nitrogens with one attached hydrogen (secondary N) is 3. The molecule has 3 N–H and O–H groups in total. The Hall–Kier alpha value is -3.47. The molecule has 1 atom stereocenters. The number of anilines is 3. The molecule has 2 aromatic heterocycles. The van der Waals surface area contributed by atoms with Gasteiger partial charge in [-0.05, 0) is 24.6 Å². The van der Waals surface area contributed by atoms with Gasteiger partial charge in [-0.1, -0.05) is 12.7 Å². The number of H-pyrrole nitrogens is 1. The highest BCUT2D eigenvalue weighted by Crippen LogP contribution is 2.32. The Kier molecular flexibility index (Phi) is 6.85. The van der Waals surface area contributed by atoms with E-state index in [2.05, 4.69) is 32.1 Å². The van der Waals surface area contributed by atoms with E-state index in [0.717, 1.165) is 24.6 Å². The van der Waals surface area contributed by atoms with Crippen LogP contribution in [0.1, 0.15) is 18.1 Å². The SMILES string of the molecule is C=C/C=N\C(=C\c1cc(N2CCOC[C@H]2C)nc(Nc2cc[nH]n2)c1C=N)C(F)(F)F. The second-order valence-electron chi connectivity index (χ2n) is 6.72. The zero-order valence-corrected chi connectivity index (χ0v) is 16.8. The number of rotatable bonds is 7. The van der Waals surface area contributed by atoms with Gasteiger partial charge in [-0.3, -0.25) is 10.1 Å². The predicted molar refractivity (Wildman–Crippen MR) is 114 cm³/mol. The number of halogens is 3. The van der Waals surface area contributed by atoms with Gasteiger partial charge in [0.15, 0.2) is 5.82 Å². The Morgan fingerprint density at radius 3 is 2.90 bits per heavy atom. The normalized spacial score (nSPS) is 17.7. The van der Waals surface area contributed by atoms with Crippen molar-refractivity contribution >= 4 is 36.0 Å². The summed E-state index contributed by atoms with van der Waals surface area (Å²) in [5.41, 5.74) is -0.804. The van der Waals surface area contributed by atoms with Gasteiger partial charge in [-0.2, -0.15) is 18.3 Å². The summed E-state index contributed by atoms with van der Waals surface area (Å²) in [6.45, 7) is 6.79. The third-order valence-electron chi connectivity index (χ3n) is 4.53. The topological polar surface area (TPSA) is 102 Å². The van der Waals surface area contributed by atoms with E-state index in [4.69, 9.17) is 10.1 Å². The lowest BCUT2D eigenvalue weighted by molar-refractivity contribution is -0.0912. The number of nitrogens with zero attached hydrogens (tertiary/aromatic N) is 4. The fourth-order valence-electron chi connectivity index (χ4n) is 3.07. The van der Waals surface area contributed by atoms with Crippen LogP contribution in [0.2, 0.25) is 0 Å². The smallest absolute Gasteiger partial charge is 0.377 e. The van der Waals surface area contributed by atoms with Crippen LogP contribution in [0, 0.1) is 5.41 Å². The minimum Gasteiger partial charge on any atom is -0.377 e. The standard InChI is InChI=1S/C20H22F3N7O/c1-3-5-25-16(20(21,22)23)9-14-10-18(30-7-8-31-12-13(30)2)28-19(15(14)11-24)27-17-4-6-26-29-17/h3-6,9-11,13,24H,1,7-8,12H2,2H3,(H2,26,27,28,29)/b16-9+,24-11?,25-5-/t13-/m1/s1. The number of aromatic nitrogens is 3. The summed E-state index contributed by atoms with van der Waals surface area (Å²) in [6.07, 6.45) is 0.878. The van der Waals surface area contributed by atoms with Gasteiger partial charge < -0.3 is 20.4 Å². The number of allylic oxidation sites excluding steroid dienone is 2. The van der Waals surface area contributed by atoms with Crippen LogP contribution in [0.5, 0.6) is 0 Å². The summed E-state index contributed by atoms with van der Waals surface area (Å²) < 4.78 is 46.1. The molecule has 11 heteroatoms. The molecule has 0 amide bonds. The largest absolute Gasteiger partial charge is 0.433 e. The maximum atomic E-state index is 13.5. The zero-order chi connectivity index (χ0) is 22.4. The van der Waals surface area contributed by atoms with Crippen LogP contribution in [-0.2, 0) is 4.74 Å². The highest BCUT2D eigenvalue weighted by Gasteiger charge is 2.34. The first-order valence-electron chi connectivity index (χ1n) is 9.44. The van der Waals surface area contributed by atoms with Crippen molar-refractivity contribution in [1.82, 2.24) is 15.2 Å². The number of alkyl halides is 3. The predicted octanol–water partition coefficient (Wildman–Crippen LogP) is 3.93. The van der Waals surface area contributed by atoms with Crippen molar-refractivity contribution in [3.63, 3.8) is 0 Å². The summed E-state index contributed by atoms with van der Waals surface area (Å²) in [5.74, 6) is 1.08. The highest BCUT2D eigenvalue weighted by atomic mass is 19.4. The van der Waals surface area contributed by atoms with E-state index in [1.54, 1.807) is 12.3 Å². The van der Waals surface area contributed by atoms with Crippen molar-refractivity contribution in [2.45, 2.75) is 19.1 Å². The number of morpholine rings is 1. The van der Waals surface area contributed by atoms with Gasteiger partial charge in [-0.15, -0.1) is 0 Å². The lowest BCUT2D eigenvalue weighted by Crippen LogP contribution is -2.44. The lowest BCUT2D eigenvalue weighted by atomic mass is 10.1. The van der Waals surface area contributed by atoms with E-state index in [1.807, 2.05) is 11.8 Å². The van der Waals surface area contributed by atoms with E-state index in [9.17, 15) is 13.2 Å². The van der Waals surface area contributed by atoms with Crippen LogP contribution in [0.3, 0.4) is 0 Å². The molecule has 1 aliphatic rings. The van der Waals surface area contributed by atoms with Gasteiger partial charge in [0, 0.05) is 36.8 Å². The van der Waals surface area contributed by atoms with Crippen LogP contribution >= 0.6 is 0 Å². The summed E-state index contributed by atoms with van der Waals surface area (Å²) in [6, 6.07) is 3.14. The molecule has 1 saturated heterocycles. The quantitative estimate of drug-likeness (QED) is 0.574. The van der Waals surface area contributed by atoms with E-state index < -0.39 is 11.9 Å². The molecule has 3 heterocycles. The fraction of sp³-hybridized carbons (Fsp3) is 0.300. The fourth-order valence-corrected chi connectivity index (χ4v) is 3.07. The molecule has 0 saturated carbocycles. The van der Waals surface area contributed by atoms with Gasteiger partial charge in [0.05, 0.1) is 19.3 Å². The average molecular weight is 433 g/mol. The molecule has 1 fully saturated rings. The second kappa shape index (κ2) is 9.56. The molecule has 0 unspecified atom stereocenters. The van der Waals surface area contributed by atoms with Crippen molar-refractivity contribution in [2.24, 2.45) is 4.99 Å². The van der Waals surface area contributed by atoms with Crippen molar-refractivity contribution in [3.8, 4) is 0 Å². The van der Waals surface area contributed by atoms with Crippen molar-refractivity contribution < 1.29 is 17.9 Å². The molecule has 3 rings (SSSR count). The van der Waals surface area contributed by atoms with Crippen LogP contribution in [0.15, 0.2) is 41.7 Å². The second-order valence-corrected chi connectivity index (χ2v) is 6.72. The lowest BCUT2D eigenvalue weighted by Gasteiger charge is -2.34. The van der Waals surface area contributed by atoms with Gasteiger partial charge in [-0.25, -0.2) is 4.98 Å². The third-order valence-corrected chi connectivity index (χ3v) is 4.53. The van der Waals surface area contributed by atoms with Crippen LogP contribution in [0.25, 0.3) is 6.08 Å². The Morgan fingerprint density at radius 2 is 2.29 bits per heavy atom. The summed E-state index contributed by atoms with van der Waals surface area (Å²) >= 11 is 0. The minimum atomic E-state index is -4.69. The zero-order valence-electron chi connectivity index (χ0n) is 16.8. The molecule has 0 bridgehead atoms. The number of ether oxygens (including phenoxy) is 1. The number of aromatic amines is 1. The molecule has 8 nitrogen and oxygen atoms in total. The average Bonchev–Trinajstić information content (AvgIpc) is 3.23. The van der Waals surface area contributed by atoms with Gasteiger partial charge in [0.25, 0.3) is 0 Å². The van der Waals surface area contributed by atoms with Crippen molar-refractivity contribution in [1.29, 1.82) is 5.41 Å². The molecule has 1 aliphatic heterocycles. The summed E-state index contributed by atoms with van der Waals surface area (Å²) in [5, 5.41) is 17.4. The molecule has 0 aromatic carbocycles. The maximum absolute atomic E-state index is 13.5. The molecule has 0 spiro atoms.